The predicted molar refractivity (Wildman–Crippen MR) is 185 cm³/mol. The van der Waals surface area contributed by atoms with Crippen molar-refractivity contribution >= 4 is 27.5 Å². The average molecular weight is 640 g/mol. The number of rotatable bonds is 13. The lowest BCUT2D eigenvalue weighted by Gasteiger charge is -2.34. The summed E-state index contributed by atoms with van der Waals surface area (Å²) < 4.78 is 29.8. The molecule has 0 saturated heterocycles. The molecule has 4 aromatic carbocycles. The first-order chi connectivity index (χ1) is 21.9. The van der Waals surface area contributed by atoms with Crippen LogP contribution in [0.4, 0.5) is 5.69 Å². The van der Waals surface area contributed by atoms with Gasteiger partial charge < -0.3 is 10.2 Å². The molecule has 0 saturated carbocycles. The van der Waals surface area contributed by atoms with Crippen LogP contribution in [0.25, 0.3) is 0 Å². The molecule has 0 aliphatic heterocycles. The highest BCUT2D eigenvalue weighted by molar-refractivity contribution is 7.92. The van der Waals surface area contributed by atoms with Crippen molar-refractivity contribution in [1.82, 2.24) is 10.2 Å². The Morgan fingerprint density at radius 3 is 2.09 bits per heavy atom. The van der Waals surface area contributed by atoms with E-state index in [1.54, 1.807) is 41.3 Å². The zero-order valence-electron chi connectivity index (χ0n) is 27.7. The molecular formula is C38H45N3O4S. The number of hydrogen-bond acceptors (Lipinski definition) is 4. The highest BCUT2D eigenvalue weighted by atomic mass is 32.2. The molecule has 2 atom stereocenters. The number of carbonyl (C=O) groups is 2. The molecule has 242 valence electrons. The molecule has 4 rings (SSSR count). The molecule has 0 bridgehead atoms. The van der Waals surface area contributed by atoms with Crippen LogP contribution >= 0.6 is 0 Å². The fourth-order valence-electron chi connectivity index (χ4n) is 5.36. The van der Waals surface area contributed by atoms with E-state index in [2.05, 4.69) is 5.32 Å². The summed E-state index contributed by atoms with van der Waals surface area (Å²) in [5, 5.41) is 3.08. The van der Waals surface area contributed by atoms with E-state index in [1.165, 1.54) is 4.31 Å². The van der Waals surface area contributed by atoms with Gasteiger partial charge >= 0.3 is 0 Å². The Hall–Kier alpha value is -4.43. The number of nitrogens with one attached hydrogen (secondary N) is 1. The topological polar surface area (TPSA) is 86.8 Å². The van der Waals surface area contributed by atoms with E-state index < -0.39 is 28.5 Å². The smallest absolute Gasteiger partial charge is 0.264 e. The summed E-state index contributed by atoms with van der Waals surface area (Å²) in [4.78, 5) is 30.3. The minimum absolute atomic E-state index is 0.0902. The monoisotopic (exact) mass is 639 g/mol. The Morgan fingerprint density at radius 2 is 1.43 bits per heavy atom. The van der Waals surface area contributed by atoms with Gasteiger partial charge in [0.1, 0.15) is 12.6 Å². The van der Waals surface area contributed by atoms with Crippen molar-refractivity contribution in [3.05, 3.63) is 130 Å². The van der Waals surface area contributed by atoms with Crippen LogP contribution < -0.4 is 9.62 Å². The molecular weight excluding hydrogens is 595 g/mol. The van der Waals surface area contributed by atoms with Crippen LogP contribution in [-0.2, 0) is 32.6 Å². The van der Waals surface area contributed by atoms with Crippen LogP contribution in [0.15, 0.2) is 102 Å². The zero-order chi connectivity index (χ0) is 33.4. The molecule has 8 heteroatoms. The molecule has 0 aliphatic rings. The Kier molecular flexibility index (Phi) is 11.4. The molecule has 0 radical (unpaired) electrons. The largest absolute Gasteiger partial charge is 0.352 e. The van der Waals surface area contributed by atoms with Gasteiger partial charge in [-0.05, 0) is 81.5 Å². The van der Waals surface area contributed by atoms with Gasteiger partial charge in [-0.1, -0.05) is 96.9 Å². The maximum Gasteiger partial charge on any atom is 0.264 e. The molecule has 1 N–H and O–H groups in total. The number of sulfonamides is 1. The number of hydrogen-bond donors (Lipinski definition) is 1. The van der Waals surface area contributed by atoms with Crippen molar-refractivity contribution in [2.75, 3.05) is 10.8 Å². The number of anilines is 1. The van der Waals surface area contributed by atoms with Gasteiger partial charge in [0.05, 0.1) is 10.6 Å². The predicted octanol–water partition coefficient (Wildman–Crippen LogP) is 6.67. The van der Waals surface area contributed by atoms with E-state index in [4.69, 9.17) is 0 Å². The molecule has 2 amide bonds. The van der Waals surface area contributed by atoms with Gasteiger partial charge in [0.2, 0.25) is 11.8 Å². The zero-order valence-corrected chi connectivity index (χ0v) is 28.5. The molecule has 4 aromatic rings. The van der Waals surface area contributed by atoms with Gasteiger partial charge in [0.25, 0.3) is 10.0 Å². The maximum atomic E-state index is 14.7. The standard InChI is InChI=1S/C38H45N3O4S/c1-7-30(5)39-38(43)36(24-32-15-9-8-10-16-32)40(25-33-17-11-13-28(3)23-33)37(42)26-41(35-18-12-14-29(4)31(35)6)46(44,45)34-21-19-27(2)20-22-34/h8-23,30,36H,7,24-26H2,1-6H3,(H,39,43)/t30-,36-/m0/s1. The number of nitrogens with zero attached hydrogens (tertiary/aromatic N) is 2. The summed E-state index contributed by atoms with van der Waals surface area (Å²) in [6.45, 7) is 11.2. The lowest BCUT2D eigenvalue weighted by molar-refractivity contribution is -0.140. The fraction of sp³-hybridized carbons (Fsp3) is 0.316. The first-order valence-corrected chi connectivity index (χ1v) is 17.2. The van der Waals surface area contributed by atoms with Crippen LogP contribution in [0.1, 0.15) is 53.6 Å². The lowest BCUT2D eigenvalue weighted by atomic mass is 10.0. The van der Waals surface area contributed by atoms with E-state index in [0.717, 1.165) is 39.8 Å². The SMILES string of the molecule is CC[C@H](C)NC(=O)[C@H](Cc1ccccc1)N(Cc1cccc(C)c1)C(=O)CN(c1cccc(C)c1C)S(=O)(=O)c1ccc(C)cc1. The minimum atomic E-state index is -4.16. The summed E-state index contributed by atoms with van der Waals surface area (Å²) in [5.41, 5.74) is 5.77. The molecule has 0 aromatic heterocycles. The van der Waals surface area contributed by atoms with Crippen molar-refractivity contribution in [3.8, 4) is 0 Å². The molecule has 0 fully saturated rings. The van der Waals surface area contributed by atoms with Crippen molar-refractivity contribution in [1.29, 1.82) is 0 Å². The second-order valence-corrected chi connectivity index (χ2v) is 13.9. The highest BCUT2D eigenvalue weighted by Crippen LogP contribution is 2.29. The van der Waals surface area contributed by atoms with Crippen LogP contribution in [-0.4, -0.2) is 43.8 Å². The third-order valence-electron chi connectivity index (χ3n) is 8.44. The number of aryl methyl sites for hydroxylation is 3. The third-order valence-corrected chi connectivity index (χ3v) is 10.2. The van der Waals surface area contributed by atoms with Crippen molar-refractivity contribution in [2.45, 2.75) is 77.9 Å². The van der Waals surface area contributed by atoms with E-state index in [9.17, 15) is 18.0 Å². The Morgan fingerprint density at radius 1 is 0.783 bits per heavy atom. The van der Waals surface area contributed by atoms with Gasteiger partial charge in [-0.2, -0.15) is 0 Å². The maximum absolute atomic E-state index is 14.7. The van der Waals surface area contributed by atoms with Crippen LogP contribution in [0.2, 0.25) is 0 Å². The van der Waals surface area contributed by atoms with Crippen molar-refractivity contribution in [2.24, 2.45) is 0 Å². The van der Waals surface area contributed by atoms with Crippen LogP contribution in [0.3, 0.4) is 0 Å². The van der Waals surface area contributed by atoms with Gasteiger partial charge in [0, 0.05) is 19.0 Å². The second-order valence-electron chi connectivity index (χ2n) is 12.1. The number of amides is 2. The van der Waals surface area contributed by atoms with E-state index >= 15 is 0 Å². The molecule has 46 heavy (non-hydrogen) atoms. The number of benzene rings is 4. The summed E-state index contributed by atoms with van der Waals surface area (Å²) in [7, 11) is -4.16. The first kappa shape index (κ1) is 34.4. The Balaban J connectivity index is 1.84. The normalized spacial score (nSPS) is 12.7. The average Bonchev–Trinajstić information content (AvgIpc) is 3.03. The molecule has 0 spiro atoms. The van der Waals surface area contributed by atoms with Crippen molar-refractivity contribution < 1.29 is 18.0 Å². The highest BCUT2D eigenvalue weighted by Gasteiger charge is 2.35. The molecule has 0 unspecified atom stereocenters. The third kappa shape index (κ3) is 8.43. The molecule has 0 aliphatic carbocycles. The summed E-state index contributed by atoms with van der Waals surface area (Å²) in [6, 6.07) is 28.5. The fourth-order valence-corrected chi connectivity index (χ4v) is 6.83. The molecule has 7 nitrogen and oxygen atoms in total. The quantitative estimate of drug-likeness (QED) is 0.177. The summed E-state index contributed by atoms with van der Waals surface area (Å²) in [5.74, 6) is -0.753. The lowest BCUT2D eigenvalue weighted by Crippen LogP contribution is -2.54. The van der Waals surface area contributed by atoms with Gasteiger partial charge in [-0.3, -0.25) is 13.9 Å². The van der Waals surface area contributed by atoms with E-state index in [0.29, 0.717) is 5.69 Å². The minimum Gasteiger partial charge on any atom is -0.352 e. The van der Waals surface area contributed by atoms with Gasteiger partial charge in [0.15, 0.2) is 0 Å². The van der Waals surface area contributed by atoms with E-state index in [1.807, 2.05) is 102 Å². The first-order valence-electron chi connectivity index (χ1n) is 15.8. The van der Waals surface area contributed by atoms with E-state index in [-0.39, 0.29) is 29.8 Å². The summed E-state index contributed by atoms with van der Waals surface area (Å²) in [6.07, 6.45) is 1.000. The van der Waals surface area contributed by atoms with Crippen LogP contribution in [0.5, 0.6) is 0 Å². The summed E-state index contributed by atoms with van der Waals surface area (Å²) >= 11 is 0. The van der Waals surface area contributed by atoms with Crippen molar-refractivity contribution in [3.63, 3.8) is 0 Å². The van der Waals surface area contributed by atoms with Crippen LogP contribution in [0, 0.1) is 27.7 Å². The Bertz CT molecular complexity index is 1750. The van der Waals surface area contributed by atoms with Gasteiger partial charge in [-0.15, -0.1) is 0 Å². The Labute approximate surface area is 274 Å². The second kappa shape index (κ2) is 15.2. The number of carbonyl (C=O) groups excluding carboxylic acids is 2. The van der Waals surface area contributed by atoms with Gasteiger partial charge in [-0.25, -0.2) is 8.42 Å². The molecule has 0 heterocycles.